The normalized spacial score (nSPS) is 11.9. The van der Waals surface area contributed by atoms with Crippen molar-refractivity contribution in [1.82, 2.24) is 5.32 Å². The van der Waals surface area contributed by atoms with Gasteiger partial charge in [0.1, 0.15) is 16.6 Å². The van der Waals surface area contributed by atoms with Gasteiger partial charge in [-0.05, 0) is 53.2 Å². The highest BCUT2D eigenvalue weighted by Gasteiger charge is 2.26. The fourth-order valence-corrected chi connectivity index (χ4v) is 3.13. The van der Waals surface area contributed by atoms with Crippen molar-refractivity contribution >= 4 is 40.3 Å². The number of hydrogen-bond donors (Lipinski definition) is 1. The predicted molar refractivity (Wildman–Crippen MR) is 113 cm³/mol. The van der Waals surface area contributed by atoms with Crippen LogP contribution in [0.3, 0.4) is 0 Å². The van der Waals surface area contributed by atoms with E-state index in [1.165, 1.54) is 4.90 Å². The molecule has 0 fully saturated rings. The third-order valence-corrected chi connectivity index (χ3v) is 4.79. The molecule has 0 radical (unpaired) electrons. The standard InChI is InChI=1S/C20H30N2O7S/c1-7-27-16(23)12-9-13(18(25)28-8-2)21-17(24)14-10-11-15(30-14)22(6)19(26)29-20(3,4)5/h10-11,13H,7-9,12H2,1-6H3,(H,21,24)/t13-/m0/s1. The van der Waals surface area contributed by atoms with Gasteiger partial charge in [-0.3, -0.25) is 14.5 Å². The van der Waals surface area contributed by atoms with Crippen molar-refractivity contribution in [3.05, 3.63) is 17.0 Å². The lowest BCUT2D eigenvalue weighted by atomic mass is 10.1. The summed E-state index contributed by atoms with van der Waals surface area (Å²) in [5.74, 6) is -1.60. The van der Waals surface area contributed by atoms with Crippen LogP contribution in [-0.2, 0) is 23.8 Å². The number of amides is 2. The average Bonchev–Trinajstić information content (AvgIpc) is 3.13. The molecule has 0 bridgehead atoms. The molecule has 0 unspecified atom stereocenters. The van der Waals surface area contributed by atoms with E-state index < -0.39 is 35.6 Å². The highest BCUT2D eigenvalue weighted by Crippen LogP contribution is 2.26. The summed E-state index contributed by atoms with van der Waals surface area (Å²) in [6.07, 6.45) is -0.524. The fourth-order valence-electron chi connectivity index (χ4n) is 2.27. The first kappa shape index (κ1) is 25.4. The van der Waals surface area contributed by atoms with Gasteiger partial charge in [0.05, 0.1) is 18.1 Å². The number of nitrogens with one attached hydrogen (secondary N) is 1. The Kier molecular flexibility index (Phi) is 9.77. The van der Waals surface area contributed by atoms with Crippen molar-refractivity contribution in [2.24, 2.45) is 0 Å². The van der Waals surface area contributed by atoms with Gasteiger partial charge in [-0.25, -0.2) is 9.59 Å². The summed E-state index contributed by atoms with van der Waals surface area (Å²) in [4.78, 5) is 50.1. The second-order valence-corrected chi connectivity index (χ2v) is 8.36. The first-order chi connectivity index (χ1) is 14.0. The van der Waals surface area contributed by atoms with Gasteiger partial charge in [-0.2, -0.15) is 0 Å². The summed E-state index contributed by atoms with van der Waals surface area (Å²) in [5, 5.41) is 3.10. The quantitative estimate of drug-likeness (QED) is 0.462. The Bertz CT molecular complexity index is 755. The van der Waals surface area contributed by atoms with Crippen molar-refractivity contribution in [2.45, 2.75) is 59.1 Å². The molecule has 9 nitrogen and oxygen atoms in total. The zero-order chi connectivity index (χ0) is 22.9. The van der Waals surface area contributed by atoms with Gasteiger partial charge >= 0.3 is 18.0 Å². The van der Waals surface area contributed by atoms with E-state index in [1.54, 1.807) is 53.8 Å². The lowest BCUT2D eigenvalue weighted by Crippen LogP contribution is -2.42. The Labute approximate surface area is 180 Å². The zero-order valence-corrected chi connectivity index (χ0v) is 19.1. The topological polar surface area (TPSA) is 111 Å². The third kappa shape index (κ3) is 8.40. The van der Waals surface area contributed by atoms with Crippen molar-refractivity contribution in [2.75, 3.05) is 25.2 Å². The van der Waals surface area contributed by atoms with Crippen molar-refractivity contribution in [1.29, 1.82) is 0 Å². The van der Waals surface area contributed by atoms with E-state index in [0.717, 1.165) is 11.3 Å². The van der Waals surface area contributed by atoms with E-state index in [-0.39, 0.29) is 26.1 Å². The highest BCUT2D eigenvalue weighted by atomic mass is 32.1. The van der Waals surface area contributed by atoms with Crippen LogP contribution in [0.5, 0.6) is 0 Å². The number of carbonyl (C=O) groups excluding carboxylic acids is 4. The molecule has 30 heavy (non-hydrogen) atoms. The molecule has 1 heterocycles. The Balaban J connectivity index is 2.83. The van der Waals surface area contributed by atoms with Crippen molar-refractivity contribution in [3.8, 4) is 0 Å². The van der Waals surface area contributed by atoms with Crippen LogP contribution in [0.1, 0.15) is 57.1 Å². The molecule has 1 aromatic rings. The minimum atomic E-state index is -0.990. The second-order valence-electron chi connectivity index (χ2n) is 7.30. The minimum Gasteiger partial charge on any atom is -0.466 e. The van der Waals surface area contributed by atoms with Crippen LogP contribution in [0, 0.1) is 0 Å². The van der Waals surface area contributed by atoms with Crippen LogP contribution in [0.2, 0.25) is 0 Å². The molecule has 10 heteroatoms. The second kappa shape index (κ2) is 11.5. The molecule has 0 saturated carbocycles. The van der Waals surface area contributed by atoms with Gasteiger partial charge in [0.25, 0.3) is 5.91 Å². The maximum Gasteiger partial charge on any atom is 0.415 e. The molecule has 168 valence electrons. The molecule has 1 atom stereocenters. The summed E-state index contributed by atoms with van der Waals surface area (Å²) in [5.41, 5.74) is -0.644. The van der Waals surface area contributed by atoms with Crippen molar-refractivity contribution < 1.29 is 33.4 Å². The third-order valence-electron chi connectivity index (χ3n) is 3.63. The molecule has 0 spiro atoms. The SMILES string of the molecule is CCOC(=O)CC[C@H](NC(=O)c1ccc(N(C)C(=O)OC(C)(C)C)s1)C(=O)OCC. The van der Waals surface area contributed by atoms with Gasteiger partial charge in [0.2, 0.25) is 0 Å². The molecule has 1 aromatic heterocycles. The van der Waals surface area contributed by atoms with Gasteiger partial charge in [0.15, 0.2) is 0 Å². The summed E-state index contributed by atoms with van der Waals surface area (Å²) >= 11 is 1.07. The van der Waals surface area contributed by atoms with Crippen LogP contribution in [0.25, 0.3) is 0 Å². The minimum absolute atomic E-state index is 0.0331. The number of anilines is 1. The fraction of sp³-hybridized carbons (Fsp3) is 0.600. The summed E-state index contributed by atoms with van der Waals surface area (Å²) in [6.45, 7) is 9.01. The summed E-state index contributed by atoms with van der Waals surface area (Å²) in [6, 6.07) is 2.17. The Morgan fingerprint density at radius 3 is 2.30 bits per heavy atom. The maximum atomic E-state index is 12.6. The summed E-state index contributed by atoms with van der Waals surface area (Å²) in [7, 11) is 1.54. The Morgan fingerprint density at radius 2 is 1.73 bits per heavy atom. The number of thiophene rings is 1. The average molecular weight is 443 g/mol. The molecule has 1 rings (SSSR count). The van der Waals surface area contributed by atoms with Crippen LogP contribution >= 0.6 is 11.3 Å². The number of nitrogens with zero attached hydrogens (tertiary/aromatic N) is 1. The molecule has 0 saturated heterocycles. The predicted octanol–water partition coefficient (Wildman–Crippen LogP) is 3.12. The molecular formula is C20H30N2O7S. The van der Waals surface area contributed by atoms with Gasteiger partial charge in [-0.15, -0.1) is 11.3 Å². The van der Waals surface area contributed by atoms with Gasteiger partial charge in [-0.1, -0.05) is 0 Å². The van der Waals surface area contributed by atoms with Crippen LogP contribution in [0.4, 0.5) is 9.80 Å². The number of hydrogen-bond acceptors (Lipinski definition) is 8. The van der Waals surface area contributed by atoms with Crippen LogP contribution in [0.15, 0.2) is 12.1 Å². The lowest BCUT2D eigenvalue weighted by molar-refractivity contribution is -0.146. The van der Waals surface area contributed by atoms with E-state index >= 15 is 0 Å². The molecule has 0 aromatic carbocycles. The smallest absolute Gasteiger partial charge is 0.415 e. The number of rotatable bonds is 9. The molecule has 0 aliphatic carbocycles. The Morgan fingerprint density at radius 1 is 1.10 bits per heavy atom. The molecule has 0 aliphatic heterocycles. The largest absolute Gasteiger partial charge is 0.466 e. The Hall–Kier alpha value is -2.62. The molecule has 0 aliphatic rings. The van der Waals surface area contributed by atoms with Gasteiger partial charge in [0, 0.05) is 13.5 Å². The highest BCUT2D eigenvalue weighted by molar-refractivity contribution is 7.18. The van der Waals surface area contributed by atoms with E-state index in [9.17, 15) is 19.2 Å². The number of carbonyl (C=O) groups is 4. The number of ether oxygens (including phenoxy) is 3. The first-order valence-electron chi connectivity index (χ1n) is 9.68. The maximum absolute atomic E-state index is 12.6. The zero-order valence-electron chi connectivity index (χ0n) is 18.3. The van der Waals surface area contributed by atoms with E-state index in [0.29, 0.717) is 9.88 Å². The van der Waals surface area contributed by atoms with E-state index in [2.05, 4.69) is 5.32 Å². The lowest BCUT2D eigenvalue weighted by Gasteiger charge is -2.23. The van der Waals surface area contributed by atoms with Crippen molar-refractivity contribution in [3.63, 3.8) is 0 Å². The molecular weight excluding hydrogens is 412 g/mol. The molecule has 2 amide bonds. The van der Waals surface area contributed by atoms with Gasteiger partial charge < -0.3 is 19.5 Å². The van der Waals surface area contributed by atoms with Crippen LogP contribution in [-0.4, -0.2) is 55.8 Å². The monoisotopic (exact) mass is 442 g/mol. The summed E-state index contributed by atoms with van der Waals surface area (Å²) < 4.78 is 15.1. The van der Waals surface area contributed by atoms with Crippen LogP contribution < -0.4 is 10.2 Å². The number of esters is 2. The van der Waals surface area contributed by atoms with E-state index in [1.807, 2.05) is 0 Å². The van der Waals surface area contributed by atoms with E-state index in [4.69, 9.17) is 14.2 Å². The molecule has 1 N–H and O–H groups in total. The first-order valence-corrected chi connectivity index (χ1v) is 10.5.